The Bertz CT molecular complexity index is 739. The molecular weight excluding hydrogens is 449 g/mol. The predicted octanol–water partition coefficient (Wildman–Crippen LogP) is 3.61. The van der Waals surface area contributed by atoms with Gasteiger partial charge < -0.3 is 15.6 Å². The van der Waals surface area contributed by atoms with Crippen molar-refractivity contribution in [1.82, 2.24) is 20.5 Å². The van der Waals surface area contributed by atoms with Gasteiger partial charge >= 0.3 is 0 Å². The molecule has 2 heterocycles. The molecule has 6 heteroatoms. The van der Waals surface area contributed by atoms with Crippen LogP contribution in [-0.2, 0) is 6.42 Å². The summed E-state index contributed by atoms with van der Waals surface area (Å²) < 4.78 is 0. The minimum atomic E-state index is 0. The first-order chi connectivity index (χ1) is 12.6. The topological polar surface area (TPSA) is 55.5 Å². The fourth-order valence-electron chi connectivity index (χ4n) is 3.81. The number of halogens is 1. The molecule has 1 aliphatic heterocycles. The van der Waals surface area contributed by atoms with Crippen molar-refractivity contribution < 1.29 is 0 Å². The van der Waals surface area contributed by atoms with Crippen LogP contribution in [0.2, 0.25) is 0 Å². The highest BCUT2D eigenvalue weighted by Crippen LogP contribution is 2.19. The van der Waals surface area contributed by atoms with Gasteiger partial charge in [0.05, 0.1) is 0 Å². The molecule has 27 heavy (non-hydrogen) atoms. The summed E-state index contributed by atoms with van der Waals surface area (Å²) in [4.78, 5) is 10.3. The van der Waals surface area contributed by atoms with Crippen LogP contribution in [-0.4, -0.2) is 54.6 Å². The monoisotopic (exact) mass is 483 g/mol. The molecule has 2 unspecified atom stereocenters. The summed E-state index contributed by atoms with van der Waals surface area (Å²) in [5, 5.41) is 8.43. The lowest BCUT2D eigenvalue weighted by atomic mass is 10.1. The van der Waals surface area contributed by atoms with Crippen molar-refractivity contribution >= 4 is 40.8 Å². The summed E-state index contributed by atoms with van der Waals surface area (Å²) >= 11 is 0. The molecule has 0 saturated carbocycles. The average Bonchev–Trinajstić information content (AvgIpc) is 3.21. The Morgan fingerprint density at radius 3 is 2.78 bits per heavy atom. The number of hydrogen-bond donors (Lipinski definition) is 3. The Morgan fingerprint density at radius 1 is 1.30 bits per heavy atom. The van der Waals surface area contributed by atoms with E-state index in [0.717, 1.165) is 38.4 Å². The van der Waals surface area contributed by atoms with Gasteiger partial charge in [-0.25, -0.2) is 0 Å². The molecule has 2 atom stereocenters. The number of guanidine groups is 1. The maximum atomic E-state index is 4.41. The van der Waals surface area contributed by atoms with Gasteiger partial charge in [0, 0.05) is 55.9 Å². The van der Waals surface area contributed by atoms with E-state index in [1.54, 1.807) is 0 Å². The number of H-pyrrole nitrogens is 1. The van der Waals surface area contributed by atoms with Gasteiger partial charge in [-0.2, -0.15) is 0 Å². The largest absolute Gasteiger partial charge is 0.361 e. The summed E-state index contributed by atoms with van der Waals surface area (Å²) in [7, 11) is 1.86. The third kappa shape index (κ3) is 5.60. The molecule has 1 aromatic heterocycles. The Hall–Kier alpha value is -1.28. The molecule has 0 amide bonds. The highest BCUT2D eigenvalue weighted by atomic mass is 127. The number of fused-ring (bicyclic) bond motifs is 1. The smallest absolute Gasteiger partial charge is 0.191 e. The van der Waals surface area contributed by atoms with Crippen molar-refractivity contribution in [1.29, 1.82) is 0 Å². The Kier molecular flexibility index (Phi) is 8.41. The van der Waals surface area contributed by atoms with E-state index in [1.807, 2.05) is 7.05 Å². The molecule has 0 radical (unpaired) electrons. The summed E-state index contributed by atoms with van der Waals surface area (Å²) in [6, 6.07) is 9.58. The standard InChI is InChI=1S/C21H33N5.HI/c1-15(2)26-13-16(3)20(14-26)25-21(22-4)23-11-7-8-17-12-24-19-10-6-5-9-18(17)19;/h5-6,9-10,12,15-16,20,24H,7-8,11,13-14H2,1-4H3,(H2,22,23,25);1H. The number of hydrogen-bond acceptors (Lipinski definition) is 2. The van der Waals surface area contributed by atoms with E-state index in [2.05, 4.69) is 76.7 Å². The maximum absolute atomic E-state index is 4.41. The second-order valence-corrected chi connectivity index (χ2v) is 7.74. The van der Waals surface area contributed by atoms with Crippen molar-refractivity contribution in [2.24, 2.45) is 10.9 Å². The van der Waals surface area contributed by atoms with Gasteiger partial charge in [-0.15, -0.1) is 24.0 Å². The number of aliphatic imine (C=N–C) groups is 1. The van der Waals surface area contributed by atoms with E-state index >= 15 is 0 Å². The average molecular weight is 483 g/mol. The molecule has 3 rings (SSSR count). The zero-order valence-electron chi connectivity index (χ0n) is 17.0. The Labute approximate surface area is 180 Å². The third-order valence-corrected chi connectivity index (χ3v) is 5.51. The molecule has 5 nitrogen and oxygen atoms in total. The summed E-state index contributed by atoms with van der Waals surface area (Å²) in [5.74, 6) is 1.56. The van der Waals surface area contributed by atoms with E-state index in [-0.39, 0.29) is 24.0 Å². The lowest BCUT2D eigenvalue weighted by Crippen LogP contribution is -2.47. The number of likely N-dealkylation sites (tertiary alicyclic amines) is 1. The minimum Gasteiger partial charge on any atom is -0.361 e. The highest BCUT2D eigenvalue weighted by molar-refractivity contribution is 14.0. The molecule has 150 valence electrons. The van der Waals surface area contributed by atoms with Gasteiger partial charge in [0.2, 0.25) is 0 Å². The molecule has 1 aromatic carbocycles. The Balaban J connectivity index is 0.00000261. The van der Waals surface area contributed by atoms with E-state index in [1.165, 1.54) is 16.5 Å². The summed E-state index contributed by atoms with van der Waals surface area (Å²) in [6.45, 7) is 10.0. The molecule has 0 spiro atoms. The van der Waals surface area contributed by atoms with Crippen molar-refractivity contribution in [3.8, 4) is 0 Å². The fraction of sp³-hybridized carbons (Fsp3) is 0.571. The number of aryl methyl sites for hydroxylation is 1. The molecule has 1 aliphatic rings. The van der Waals surface area contributed by atoms with E-state index in [9.17, 15) is 0 Å². The molecule has 1 saturated heterocycles. The second-order valence-electron chi connectivity index (χ2n) is 7.74. The fourth-order valence-corrected chi connectivity index (χ4v) is 3.81. The van der Waals surface area contributed by atoms with Crippen LogP contribution in [0, 0.1) is 5.92 Å². The number of aromatic nitrogens is 1. The summed E-state index contributed by atoms with van der Waals surface area (Å²) in [6.07, 6.45) is 4.29. The Morgan fingerprint density at radius 2 is 2.07 bits per heavy atom. The molecular formula is C21H34IN5. The minimum absolute atomic E-state index is 0. The molecule has 2 aromatic rings. The number of nitrogens with one attached hydrogen (secondary N) is 3. The lowest BCUT2D eigenvalue weighted by Gasteiger charge is -2.22. The van der Waals surface area contributed by atoms with Crippen LogP contribution in [0.1, 0.15) is 32.8 Å². The van der Waals surface area contributed by atoms with Gasteiger partial charge in [0.15, 0.2) is 5.96 Å². The first-order valence-corrected chi connectivity index (χ1v) is 9.84. The number of benzene rings is 1. The van der Waals surface area contributed by atoms with E-state index in [4.69, 9.17) is 0 Å². The van der Waals surface area contributed by atoms with Crippen molar-refractivity contribution in [3.63, 3.8) is 0 Å². The highest BCUT2D eigenvalue weighted by Gasteiger charge is 2.31. The molecule has 3 N–H and O–H groups in total. The quantitative estimate of drug-likeness (QED) is 0.255. The van der Waals surface area contributed by atoms with Gasteiger partial charge in [-0.05, 0) is 44.2 Å². The first kappa shape index (κ1) is 22.0. The van der Waals surface area contributed by atoms with Crippen molar-refractivity contribution in [2.75, 3.05) is 26.7 Å². The van der Waals surface area contributed by atoms with E-state index < -0.39 is 0 Å². The van der Waals surface area contributed by atoms with Gasteiger partial charge in [0.25, 0.3) is 0 Å². The molecule has 0 bridgehead atoms. The second kappa shape index (κ2) is 10.3. The van der Waals surface area contributed by atoms with Crippen molar-refractivity contribution in [3.05, 3.63) is 36.0 Å². The van der Waals surface area contributed by atoms with Gasteiger partial charge in [-0.1, -0.05) is 25.1 Å². The van der Waals surface area contributed by atoms with Crippen LogP contribution < -0.4 is 10.6 Å². The van der Waals surface area contributed by atoms with Crippen LogP contribution >= 0.6 is 24.0 Å². The van der Waals surface area contributed by atoms with Crippen molar-refractivity contribution in [2.45, 2.75) is 45.7 Å². The zero-order chi connectivity index (χ0) is 18.5. The molecule has 1 fully saturated rings. The van der Waals surface area contributed by atoms with Crippen LogP contribution in [0.3, 0.4) is 0 Å². The lowest BCUT2D eigenvalue weighted by molar-refractivity contribution is 0.265. The van der Waals surface area contributed by atoms with E-state index in [0.29, 0.717) is 18.0 Å². The normalized spacial score (nSPS) is 20.9. The predicted molar refractivity (Wildman–Crippen MR) is 126 cm³/mol. The number of para-hydroxylation sites is 1. The third-order valence-electron chi connectivity index (χ3n) is 5.51. The summed E-state index contributed by atoms with van der Waals surface area (Å²) in [5.41, 5.74) is 2.61. The van der Waals surface area contributed by atoms with Crippen LogP contribution in [0.25, 0.3) is 10.9 Å². The van der Waals surface area contributed by atoms with Crippen LogP contribution in [0.15, 0.2) is 35.5 Å². The molecule has 0 aliphatic carbocycles. The number of aromatic amines is 1. The first-order valence-electron chi connectivity index (χ1n) is 9.84. The van der Waals surface area contributed by atoms with Gasteiger partial charge in [-0.3, -0.25) is 9.89 Å². The van der Waals surface area contributed by atoms with Gasteiger partial charge in [0.1, 0.15) is 0 Å². The maximum Gasteiger partial charge on any atom is 0.191 e. The number of nitrogens with zero attached hydrogens (tertiary/aromatic N) is 2. The zero-order valence-corrected chi connectivity index (χ0v) is 19.3. The SMILES string of the molecule is CN=C(NCCCc1c[nH]c2ccccc12)NC1CN(C(C)C)CC1C.I. The van der Waals surface area contributed by atoms with Crippen LogP contribution in [0.5, 0.6) is 0 Å². The number of rotatable bonds is 6. The van der Waals surface area contributed by atoms with Crippen LogP contribution in [0.4, 0.5) is 0 Å².